The number of halogens is 1. The molecule has 13 heavy (non-hydrogen) atoms. The van der Waals surface area contributed by atoms with Crippen molar-refractivity contribution >= 4 is 22.9 Å². The third-order valence-electron chi connectivity index (χ3n) is 2.23. The van der Waals surface area contributed by atoms with Crippen molar-refractivity contribution in [1.29, 1.82) is 0 Å². The molecule has 0 N–H and O–H groups in total. The van der Waals surface area contributed by atoms with Crippen molar-refractivity contribution in [2.75, 3.05) is 13.2 Å². The second kappa shape index (κ2) is 4.35. The van der Waals surface area contributed by atoms with Crippen LogP contribution in [0.25, 0.3) is 0 Å². The van der Waals surface area contributed by atoms with Crippen molar-refractivity contribution in [3.63, 3.8) is 0 Å². The molecule has 0 radical (unpaired) electrons. The van der Waals surface area contributed by atoms with Crippen LogP contribution in [-0.2, 0) is 11.2 Å². The van der Waals surface area contributed by atoms with Gasteiger partial charge in [-0.05, 0) is 30.4 Å². The van der Waals surface area contributed by atoms with Crippen molar-refractivity contribution in [2.45, 2.75) is 19.3 Å². The van der Waals surface area contributed by atoms with Crippen LogP contribution in [0, 0.1) is 5.92 Å². The number of rotatable bonds is 3. The minimum absolute atomic E-state index is 0.540. The summed E-state index contributed by atoms with van der Waals surface area (Å²) in [5.74, 6) is 0.711. The summed E-state index contributed by atoms with van der Waals surface area (Å²) >= 11 is 7.15. The molecule has 0 aromatic carbocycles. The second-order valence-electron chi connectivity index (χ2n) is 3.22. The molecular formula is C8H11ClN2OS. The van der Waals surface area contributed by atoms with Crippen LogP contribution in [0.15, 0.2) is 0 Å². The van der Waals surface area contributed by atoms with Gasteiger partial charge in [-0.3, -0.25) is 0 Å². The van der Waals surface area contributed by atoms with Crippen molar-refractivity contribution < 1.29 is 4.74 Å². The first kappa shape index (κ1) is 9.37. The topological polar surface area (TPSA) is 35.0 Å². The lowest BCUT2D eigenvalue weighted by atomic mass is 10.0. The van der Waals surface area contributed by atoms with E-state index in [4.69, 9.17) is 16.3 Å². The minimum Gasteiger partial charge on any atom is -0.381 e. The number of nitrogens with zero attached hydrogens (tertiary/aromatic N) is 2. The molecule has 0 spiro atoms. The predicted octanol–water partition coefficient (Wildman–Crippen LogP) is 2.16. The summed E-state index contributed by atoms with van der Waals surface area (Å²) in [5.41, 5.74) is 0. The standard InChI is InChI=1S/C8H11ClN2OS/c9-8-11-10-7(13-8)2-1-6-3-4-12-5-6/h6H,1-5H2. The van der Waals surface area contributed by atoms with Crippen LogP contribution >= 0.6 is 22.9 Å². The van der Waals surface area contributed by atoms with Gasteiger partial charge < -0.3 is 4.74 Å². The summed E-state index contributed by atoms with van der Waals surface area (Å²) in [6.07, 6.45) is 3.32. The van der Waals surface area contributed by atoms with Crippen molar-refractivity contribution in [3.8, 4) is 0 Å². The molecule has 0 saturated carbocycles. The molecule has 1 aliphatic heterocycles. The van der Waals surface area contributed by atoms with Crippen LogP contribution in [0.3, 0.4) is 0 Å². The molecule has 1 aromatic heterocycles. The van der Waals surface area contributed by atoms with Gasteiger partial charge in [0, 0.05) is 19.6 Å². The third kappa shape index (κ3) is 2.62. The highest BCUT2D eigenvalue weighted by molar-refractivity contribution is 7.15. The van der Waals surface area contributed by atoms with Crippen LogP contribution in [0.2, 0.25) is 4.47 Å². The van der Waals surface area contributed by atoms with Gasteiger partial charge in [0.05, 0.1) is 0 Å². The summed E-state index contributed by atoms with van der Waals surface area (Å²) in [4.78, 5) is 0. The zero-order chi connectivity index (χ0) is 9.10. The maximum atomic E-state index is 5.68. The average Bonchev–Trinajstić information content (AvgIpc) is 2.71. The van der Waals surface area contributed by atoms with Gasteiger partial charge in [-0.1, -0.05) is 11.3 Å². The Kier molecular flexibility index (Phi) is 3.14. The van der Waals surface area contributed by atoms with Gasteiger partial charge in [-0.2, -0.15) is 0 Å². The quantitative estimate of drug-likeness (QED) is 0.780. The van der Waals surface area contributed by atoms with E-state index in [9.17, 15) is 0 Å². The van der Waals surface area contributed by atoms with Gasteiger partial charge in [0.2, 0.25) is 4.47 Å². The highest BCUT2D eigenvalue weighted by Crippen LogP contribution is 2.21. The zero-order valence-electron chi connectivity index (χ0n) is 7.20. The highest BCUT2D eigenvalue weighted by Gasteiger charge is 2.16. The lowest BCUT2D eigenvalue weighted by Crippen LogP contribution is -2.00. The van der Waals surface area contributed by atoms with Crippen molar-refractivity contribution in [3.05, 3.63) is 9.47 Å². The normalized spacial score (nSPS) is 22.4. The average molecular weight is 219 g/mol. The SMILES string of the molecule is Clc1nnc(CCC2CCOC2)s1. The molecule has 2 heterocycles. The predicted molar refractivity (Wildman–Crippen MR) is 52.2 cm³/mol. The Morgan fingerprint density at radius 2 is 2.46 bits per heavy atom. The first-order chi connectivity index (χ1) is 6.34. The van der Waals surface area contributed by atoms with Crippen LogP contribution in [0.4, 0.5) is 0 Å². The lowest BCUT2D eigenvalue weighted by Gasteiger charge is -2.03. The van der Waals surface area contributed by atoms with Crippen molar-refractivity contribution in [2.24, 2.45) is 5.92 Å². The number of aryl methyl sites for hydroxylation is 1. The summed E-state index contributed by atoms with van der Waals surface area (Å²) in [7, 11) is 0. The monoisotopic (exact) mass is 218 g/mol. The Morgan fingerprint density at radius 1 is 1.54 bits per heavy atom. The van der Waals surface area contributed by atoms with Gasteiger partial charge in [0.1, 0.15) is 5.01 Å². The molecule has 2 rings (SSSR count). The van der Waals surface area contributed by atoms with E-state index >= 15 is 0 Å². The Labute approximate surface area is 86.1 Å². The summed E-state index contributed by atoms with van der Waals surface area (Å²) in [6, 6.07) is 0. The van der Waals surface area contributed by atoms with Gasteiger partial charge in [0.15, 0.2) is 0 Å². The molecule has 72 valence electrons. The molecule has 1 saturated heterocycles. The van der Waals surface area contributed by atoms with Crippen LogP contribution in [0.1, 0.15) is 17.8 Å². The summed E-state index contributed by atoms with van der Waals surface area (Å²) < 4.78 is 5.83. The molecule has 1 fully saturated rings. The lowest BCUT2D eigenvalue weighted by molar-refractivity contribution is 0.184. The molecule has 5 heteroatoms. The fourth-order valence-electron chi connectivity index (χ4n) is 1.47. The maximum absolute atomic E-state index is 5.68. The van der Waals surface area contributed by atoms with E-state index in [2.05, 4.69) is 10.2 Å². The summed E-state index contributed by atoms with van der Waals surface area (Å²) in [6.45, 7) is 1.83. The first-order valence-corrected chi connectivity index (χ1v) is 5.59. The van der Waals surface area contributed by atoms with E-state index < -0.39 is 0 Å². The number of ether oxygens (including phenoxy) is 1. The fraction of sp³-hybridized carbons (Fsp3) is 0.750. The van der Waals surface area contributed by atoms with E-state index in [1.165, 1.54) is 17.8 Å². The fourth-order valence-corrected chi connectivity index (χ4v) is 2.36. The maximum Gasteiger partial charge on any atom is 0.207 e. The molecule has 0 bridgehead atoms. The second-order valence-corrected chi connectivity index (χ2v) is 4.86. The van der Waals surface area contributed by atoms with E-state index in [1.807, 2.05) is 0 Å². The van der Waals surface area contributed by atoms with Gasteiger partial charge >= 0.3 is 0 Å². The molecule has 1 aromatic rings. The Bertz CT molecular complexity index is 273. The third-order valence-corrected chi connectivity index (χ3v) is 3.31. The number of hydrogen-bond acceptors (Lipinski definition) is 4. The minimum atomic E-state index is 0.540. The van der Waals surface area contributed by atoms with Crippen LogP contribution in [-0.4, -0.2) is 23.4 Å². The van der Waals surface area contributed by atoms with E-state index in [0.29, 0.717) is 10.4 Å². The van der Waals surface area contributed by atoms with Crippen LogP contribution in [0.5, 0.6) is 0 Å². The zero-order valence-corrected chi connectivity index (χ0v) is 8.77. The van der Waals surface area contributed by atoms with E-state index in [1.54, 1.807) is 0 Å². The first-order valence-electron chi connectivity index (χ1n) is 4.40. The Morgan fingerprint density at radius 3 is 3.08 bits per heavy atom. The van der Waals surface area contributed by atoms with Gasteiger partial charge in [-0.15, -0.1) is 10.2 Å². The molecule has 1 aliphatic rings. The molecule has 1 unspecified atom stereocenters. The highest BCUT2D eigenvalue weighted by atomic mass is 35.5. The molecule has 1 atom stereocenters. The van der Waals surface area contributed by atoms with Gasteiger partial charge in [-0.25, -0.2) is 0 Å². The Hall–Kier alpha value is -0.190. The Balaban J connectivity index is 1.78. The van der Waals surface area contributed by atoms with E-state index in [0.717, 1.165) is 31.1 Å². The van der Waals surface area contributed by atoms with E-state index in [-0.39, 0.29) is 0 Å². The largest absolute Gasteiger partial charge is 0.381 e. The number of hydrogen-bond donors (Lipinski definition) is 0. The number of aromatic nitrogens is 2. The molecular weight excluding hydrogens is 208 g/mol. The summed E-state index contributed by atoms with van der Waals surface area (Å²) in [5, 5.41) is 8.78. The molecule has 0 amide bonds. The van der Waals surface area contributed by atoms with Crippen LogP contribution < -0.4 is 0 Å². The van der Waals surface area contributed by atoms with Gasteiger partial charge in [0.25, 0.3) is 0 Å². The molecule has 3 nitrogen and oxygen atoms in total. The van der Waals surface area contributed by atoms with Crippen molar-refractivity contribution in [1.82, 2.24) is 10.2 Å². The smallest absolute Gasteiger partial charge is 0.207 e. The molecule has 0 aliphatic carbocycles.